The van der Waals surface area contributed by atoms with Gasteiger partial charge in [0, 0.05) is 19.0 Å². The van der Waals surface area contributed by atoms with Gasteiger partial charge in [0.05, 0.1) is 7.11 Å². The standard InChI is InChI=1S/C11H15BClN3O4/c1-12(18)16-5-7(3-8(16)11(17)19-2)20-10-4-9(13)14-6-15-10/h4,6-8,18H,3,5H2,1-2H3/t7-,8+/m1/s1. The van der Waals surface area contributed by atoms with Gasteiger partial charge in [0.15, 0.2) is 0 Å². The summed E-state index contributed by atoms with van der Waals surface area (Å²) in [7, 11) is 0.558. The van der Waals surface area contributed by atoms with Crippen LogP contribution in [-0.2, 0) is 9.53 Å². The van der Waals surface area contributed by atoms with E-state index in [9.17, 15) is 9.82 Å². The summed E-state index contributed by atoms with van der Waals surface area (Å²) in [5.74, 6) is -0.0521. The maximum absolute atomic E-state index is 11.7. The fraction of sp³-hybridized carbons (Fsp3) is 0.545. The highest BCUT2D eigenvalue weighted by molar-refractivity contribution is 6.45. The number of rotatable bonds is 4. The number of aromatic nitrogens is 2. The van der Waals surface area contributed by atoms with Crippen molar-refractivity contribution in [3.63, 3.8) is 0 Å². The van der Waals surface area contributed by atoms with E-state index in [1.807, 2.05) is 0 Å². The van der Waals surface area contributed by atoms with Gasteiger partial charge in [-0.3, -0.25) is 4.79 Å². The van der Waals surface area contributed by atoms with Gasteiger partial charge in [-0.1, -0.05) is 11.6 Å². The molecule has 9 heteroatoms. The molecule has 1 aromatic rings. The van der Waals surface area contributed by atoms with Gasteiger partial charge in [-0.05, 0) is 6.82 Å². The largest absolute Gasteiger partial charge is 0.473 e. The van der Waals surface area contributed by atoms with Crippen LogP contribution in [0.2, 0.25) is 12.0 Å². The Morgan fingerprint density at radius 2 is 2.35 bits per heavy atom. The molecule has 20 heavy (non-hydrogen) atoms. The van der Waals surface area contributed by atoms with Crippen molar-refractivity contribution in [2.24, 2.45) is 0 Å². The maximum Gasteiger partial charge on any atom is 0.377 e. The predicted octanol–water partition coefficient (Wildman–Crippen LogP) is 0.235. The fourth-order valence-corrected chi connectivity index (χ4v) is 2.38. The second kappa shape index (κ2) is 6.38. The van der Waals surface area contributed by atoms with E-state index in [-0.39, 0.29) is 11.3 Å². The third kappa shape index (κ3) is 3.39. The molecule has 2 rings (SSSR count). The Balaban J connectivity index is 2.06. The quantitative estimate of drug-likeness (QED) is 0.484. The minimum Gasteiger partial charge on any atom is -0.473 e. The lowest BCUT2D eigenvalue weighted by Gasteiger charge is -2.22. The number of methoxy groups -OCH3 is 1. The van der Waals surface area contributed by atoms with Gasteiger partial charge in [0.2, 0.25) is 5.88 Å². The molecule has 1 aliphatic rings. The van der Waals surface area contributed by atoms with Crippen LogP contribution in [0.5, 0.6) is 5.88 Å². The summed E-state index contributed by atoms with van der Waals surface area (Å²) in [4.78, 5) is 21.0. The first-order valence-corrected chi connectivity index (χ1v) is 6.55. The number of hydrogen-bond donors (Lipinski definition) is 1. The Morgan fingerprint density at radius 1 is 1.60 bits per heavy atom. The average Bonchev–Trinajstić information content (AvgIpc) is 2.82. The molecule has 0 spiro atoms. The first-order valence-electron chi connectivity index (χ1n) is 6.17. The number of nitrogens with zero attached hydrogens (tertiary/aromatic N) is 3. The van der Waals surface area contributed by atoms with E-state index < -0.39 is 19.1 Å². The Morgan fingerprint density at radius 3 is 2.95 bits per heavy atom. The van der Waals surface area contributed by atoms with Crippen LogP contribution in [0.15, 0.2) is 12.4 Å². The fourth-order valence-electron chi connectivity index (χ4n) is 2.24. The molecule has 0 unspecified atom stereocenters. The Hall–Kier alpha value is -1.38. The Bertz CT molecular complexity index is 490. The number of carbonyl (C=O) groups is 1. The molecule has 7 nitrogen and oxygen atoms in total. The molecule has 0 radical (unpaired) electrons. The Labute approximate surface area is 122 Å². The summed E-state index contributed by atoms with van der Waals surface area (Å²) >= 11 is 5.76. The summed E-state index contributed by atoms with van der Waals surface area (Å²) in [6.45, 7) is 2.00. The van der Waals surface area contributed by atoms with E-state index in [2.05, 4.69) is 9.97 Å². The van der Waals surface area contributed by atoms with Gasteiger partial charge in [-0.2, -0.15) is 0 Å². The molecule has 0 amide bonds. The van der Waals surface area contributed by atoms with Crippen LogP contribution in [0.1, 0.15) is 6.42 Å². The van der Waals surface area contributed by atoms with E-state index in [0.717, 1.165) is 0 Å². The van der Waals surface area contributed by atoms with Crippen LogP contribution >= 0.6 is 11.6 Å². The highest BCUT2D eigenvalue weighted by atomic mass is 35.5. The van der Waals surface area contributed by atoms with Crippen molar-refractivity contribution in [3.05, 3.63) is 17.5 Å². The third-order valence-corrected chi connectivity index (χ3v) is 3.36. The minimum absolute atomic E-state index is 0.278. The molecular formula is C11H15BClN3O4. The van der Waals surface area contributed by atoms with Gasteiger partial charge >= 0.3 is 13.0 Å². The SMILES string of the molecule is COC(=O)[C@@H]1C[C@@H](Oc2cc(Cl)ncn2)CN1B(C)O. The number of ether oxygens (including phenoxy) is 2. The van der Waals surface area contributed by atoms with Crippen LogP contribution in [0.25, 0.3) is 0 Å². The molecule has 108 valence electrons. The van der Waals surface area contributed by atoms with Crippen LogP contribution in [0.4, 0.5) is 0 Å². The topological polar surface area (TPSA) is 84.8 Å². The third-order valence-electron chi connectivity index (χ3n) is 3.15. The maximum atomic E-state index is 11.7. The molecule has 1 aromatic heterocycles. The summed E-state index contributed by atoms with van der Waals surface area (Å²) in [6, 6.07) is 0.974. The second-order valence-corrected chi connectivity index (χ2v) is 4.91. The number of esters is 1. The average molecular weight is 300 g/mol. The number of carbonyl (C=O) groups excluding carboxylic acids is 1. The van der Waals surface area contributed by atoms with E-state index in [0.29, 0.717) is 18.8 Å². The zero-order valence-electron chi connectivity index (χ0n) is 11.2. The van der Waals surface area contributed by atoms with Crippen molar-refractivity contribution >= 4 is 24.6 Å². The number of halogens is 1. The summed E-state index contributed by atoms with van der Waals surface area (Å²) in [6.07, 6.45) is 1.44. The highest BCUT2D eigenvalue weighted by Crippen LogP contribution is 2.24. The van der Waals surface area contributed by atoms with Gasteiger partial charge in [-0.15, -0.1) is 0 Å². The lowest BCUT2D eigenvalue weighted by molar-refractivity contribution is -0.144. The van der Waals surface area contributed by atoms with Crippen molar-refractivity contribution in [2.75, 3.05) is 13.7 Å². The van der Waals surface area contributed by atoms with Gasteiger partial charge < -0.3 is 19.3 Å². The van der Waals surface area contributed by atoms with Crippen LogP contribution in [-0.4, -0.2) is 58.6 Å². The molecule has 0 aromatic carbocycles. The van der Waals surface area contributed by atoms with Crippen LogP contribution < -0.4 is 4.74 Å². The first-order chi connectivity index (χ1) is 9.51. The van der Waals surface area contributed by atoms with Gasteiger partial charge in [0.25, 0.3) is 0 Å². The molecule has 1 N–H and O–H groups in total. The van der Waals surface area contributed by atoms with Crippen molar-refractivity contribution in [3.8, 4) is 5.88 Å². The summed E-state index contributed by atoms with van der Waals surface area (Å²) < 4.78 is 10.4. The van der Waals surface area contributed by atoms with E-state index in [1.54, 1.807) is 11.6 Å². The zero-order valence-corrected chi connectivity index (χ0v) is 11.9. The molecule has 2 atom stereocenters. The van der Waals surface area contributed by atoms with Gasteiger partial charge in [0.1, 0.15) is 23.6 Å². The highest BCUT2D eigenvalue weighted by Gasteiger charge is 2.42. The molecule has 0 bridgehead atoms. The predicted molar refractivity (Wildman–Crippen MR) is 72.4 cm³/mol. The summed E-state index contributed by atoms with van der Waals surface area (Å²) in [5, 5.41) is 9.99. The van der Waals surface area contributed by atoms with Crippen molar-refractivity contribution < 1.29 is 19.3 Å². The lowest BCUT2D eigenvalue weighted by Crippen LogP contribution is -2.45. The molecule has 2 heterocycles. The normalized spacial score (nSPS) is 22.6. The Kier molecular flexibility index (Phi) is 4.79. The number of hydrogen-bond acceptors (Lipinski definition) is 7. The molecular weight excluding hydrogens is 284 g/mol. The smallest absolute Gasteiger partial charge is 0.377 e. The molecule has 1 aliphatic heterocycles. The van der Waals surface area contributed by atoms with E-state index in [1.165, 1.54) is 19.5 Å². The first kappa shape index (κ1) is 15.0. The van der Waals surface area contributed by atoms with Crippen molar-refractivity contribution in [2.45, 2.75) is 25.4 Å². The molecule has 1 saturated heterocycles. The molecule has 1 fully saturated rings. The van der Waals surface area contributed by atoms with Gasteiger partial charge in [-0.25, -0.2) is 9.97 Å². The van der Waals surface area contributed by atoms with Crippen molar-refractivity contribution in [1.82, 2.24) is 14.8 Å². The van der Waals surface area contributed by atoms with E-state index >= 15 is 0 Å². The minimum atomic E-state index is -0.762. The van der Waals surface area contributed by atoms with E-state index in [4.69, 9.17) is 21.1 Å². The van der Waals surface area contributed by atoms with Crippen LogP contribution in [0.3, 0.4) is 0 Å². The lowest BCUT2D eigenvalue weighted by atomic mass is 9.84. The van der Waals surface area contributed by atoms with Crippen molar-refractivity contribution in [1.29, 1.82) is 0 Å². The second-order valence-electron chi connectivity index (χ2n) is 4.52. The van der Waals surface area contributed by atoms with Crippen LogP contribution in [0, 0.1) is 0 Å². The monoisotopic (exact) mass is 299 g/mol. The molecule has 0 saturated carbocycles. The molecule has 0 aliphatic carbocycles. The summed E-state index contributed by atoms with van der Waals surface area (Å²) in [5.41, 5.74) is 0. The zero-order chi connectivity index (χ0) is 14.7.